The molecule has 42 heavy (non-hydrogen) atoms. The third-order valence-electron chi connectivity index (χ3n) is 6.92. The largest absolute Gasteiger partial charge is 0.354 e. The molecule has 2 amide bonds. The molecule has 0 saturated carbocycles. The van der Waals surface area contributed by atoms with Gasteiger partial charge >= 0.3 is 0 Å². The summed E-state index contributed by atoms with van der Waals surface area (Å²) >= 11 is 19.1. The van der Waals surface area contributed by atoms with Gasteiger partial charge in [0.25, 0.3) is 10.0 Å². The van der Waals surface area contributed by atoms with Gasteiger partial charge in [-0.25, -0.2) is 8.42 Å². The molecule has 0 aromatic heterocycles. The van der Waals surface area contributed by atoms with Gasteiger partial charge in [-0.2, -0.15) is 0 Å². The lowest BCUT2D eigenvalue weighted by Gasteiger charge is -2.34. The maximum atomic E-state index is 14.2. The van der Waals surface area contributed by atoms with E-state index in [-0.39, 0.29) is 23.8 Å². The van der Waals surface area contributed by atoms with Crippen molar-refractivity contribution in [3.63, 3.8) is 0 Å². The van der Waals surface area contributed by atoms with Gasteiger partial charge in [-0.05, 0) is 74.7 Å². The summed E-state index contributed by atoms with van der Waals surface area (Å²) in [5, 5.41) is 4.00. The van der Waals surface area contributed by atoms with E-state index in [0.29, 0.717) is 38.4 Å². The monoisotopic (exact) mass is 651 g/mol. The Bertz CT molecular complexity index is 1490. The average molecular weight is 653 g/mol. The average Bonchev–Trinajstić information content (AvgIpc) is 2.93. The zero-order valence-corrected chi connectivity index (χ0v) is 27.2. The number of hydrogen-bond donors (Lipinski definition) is 1. The summed E-state index contributed by atoms with van der Waals surface area (Å²) in [5.74, 6) is -0.924. The fourth-order valence-electron chi connectivity index (χ4n) is 4.53. The fraction of sp³-hybridized carbons (Fsp3) is 0.355. The van der Waals surface area contributed by atoms with Crippen molar-refractivity contribution in [3.8, 4) is 0 Å². The molecule has 3 aromatic rings. The van der Waals surface area contributed by atoms with Gasteiger partial charge in [0.1, 0.15) is 12.6 Å². The topological polar surface area (TPSA) is 86.8 Å². The third-order valence-corrected chi connectivity index (χ3v) is 9.64. The lowest BCUT2D eigenvalue weighted by molar-refractivity contribution is -0.140. The van der Waals surface area contributed by atoms with Crippen LogP contribution in [-0.2, 0) is 26.2 Å². The SMILES string of the molecule is CCCCNC(=O)[C@@H](CC)N(Cc1c(Cl)cccc1Cl)C(=O)CN(c1ccc(Cl)cc1C)S(=O)(=O)c1ccc(C)cc1. The number of nitrogens with one attached hydrogen (secondary N) is 1. The molecule has 0 saturated heterocycles. The number of rotatable bonds is 13. The highest BCUT2D eigenvalue weighted by Gasteiger charge is 2.34. The van der Waals surface area contributed by atoms with Crippen molar-refractivity contribution in [2.75, 3.05) is 17.4 Å². The van der Waals surface area contributed by atoms with Gasteiger partial charge in [0.2, 0.25) is 11.8 Å². The van der Waals surface area contributed by atoms with Crippen molar-refractivity contribution >= 4 is 62.3 Å². The maximum absolute atomic E-state index is 14.2. The molecule has 7 nitrogen and oxygen atoms in total. The van der Waals surface area contributed by atoms with E-state index in [0.717, 1.165) is 22.7 Å². The Morgan fingerprint density at radius 1 is 0.929 bits per heavy atom. The van der Waals surface area contributed by atoms with Gasteiger partial charge in [-0.15, -0.1) is 0 Å². The van der Waals surface area contributed by atoms with Crippen molar-refractivity contribution in [3.05, 3.63) is 92.4 Å². The molecule has 0 aliphatic carbocycles. The molecule has 0 unspecified atom stereocenters. The highest BCUT2D eigenvalue weighted by Crippen LogP contribution is 2.31. The van der Waals surface area contributed by atoms with Crippen LogP contribution in [0, 0.1) is 13.8 Å². The summed E-state index contributed by atoms with van der Waals surface area (Å²) in [6.45, 7) is 7.19. The minimum atomic E-state index is -4.20. The minimum Gasteiger partial charge on any atom is -0.354 e. The predicted octanol–water partition coefficient (Wildman–Crippen LogP) is 7.18. The highest BCUT2D eigenvalue weighted by molar-refractivity contribution is 7.92. The Hall–Kier alpha value is -2.78. The van der Waals surface area contributed by atoms with Crippen molar-refractivity contribution < 1.29 is 18.0 Å². The van der Waals surface area contributed by atoms with E-state index in [9.17, 15) is 18.0 Å². The van der Waals surface area contributed by atoms with Gasteiger partial charge in [0, 0.05) is 33.7 Å². The predicted molar refractivity (Wildman–Crippen MR) is 171 cm³/mol. The number of nitrogens with zero attached hydrogens (tertiary/aromatic N) is 2. The van der Waals surface area contributed by atoms with Crippen LogP contribution in [0.25, 0.3) is 0 Å². The van der Waals surface area contributed by atoms with Gasteiger partial charge in [-0.3, -0.25) is 13.9 Å². The molecular formula is C31H36Cl3N3O4S. The van der Waals surface area contributed by atoms with Crippen LogP contribution in [0.4, 0.5) is 5.69 Å². The van der Waals surface area contributed by atoms with Crippen molar-refractivity contribution in [2.24, 2.45) is 0 Å². The second-order valence-corrected chi connectivity index (χ2v) is 13.2. The molecule has 0 aliphatic rings. The van der Waals surface area contributed by atoms with Crippen LogP contribution in [0.5, 0.6) is 0 Å². The first-order valence-corrected chi connectivity index (χ1v) is 16.3. The molecule has 0 radical (unpaired) electrons. The lowest BCUT2D eigenvalue weighted by Crippen LogP contribution is -2.52. The maximum Gasteiger partial charge on any atom is 0.264 e. The Kier molecular flexibility index (Phi) is 12.1. The summed E-state index contributed by atoms with van der Waals surface area (Å²) in [7, 11) is -4.20. The lowest BCUT2D eigenvalue weighted by atomic mass is 10.1. The summed E-state index contributed by atoms with van der Waals surface area (Å²) in [5.41, 5.74) is 2.21. The molecule has 226 valence electrons. The third kappa shape index (κ3) is 8.19. The molecule has 0 heterocycles. The Balaban J connectivity index is 2.11. The first kappa shape index (κ1) is 33.7. The summed E-state index contributed by atoms with van der Waals surface area (Å²) in [6.07, 6.45) is 1.96. The Morgan fingerprint density at radius 2 is 1.57 bits per heavy atom. The molecule has 11 heteroatoms. The first-order chi connectivity index (χ1) is 19.9. The first-order valence-electron chi connectivity index (χ1n) is 13.8. The zero-order chi connectivity index (χ0) is 31.0. The van der Waals surface area contributed by atoms with E-state index < -0.39 is 28.5 Å². The number of amides is 2. The highest BCUT2D eigenvalue weighted by atomic mass is 35.5. The number of halogens is 3. The Morgan fingerprint density at radius 3 is 2.14 bits per heavy atom. The van der Waals surface area contributed by atoms with E-state index >= 15 is 0 Å². The number of carbonyl (C=O) groups is 2. The quantitative estimate of drug-likeness (QED) is 0.198. The zero-order valence-electron chi connectivity index (χ0n) is 24.2. The number of carbonyl (C=O) groups excluding carboxylic acids is 2. The van der Waals surface area contributed by atoms with E-state index in [1.54, 1.807) is 62.4 Å². The van der Waals surface area contributed by atoms with E-state index in [1.165, 1.54) is 17.0 Å². The normalized spacial score (nSPS) is 12.1. The van der Waals surface area contributed by atoms with E-state index in [4.69, 9.17) is 34.8 Å². The van der Waals surface area contributed by atoms with Crippen LogP contribution in [0.2, 0.25) is 15.1 Å². The number of unbranched alkanes of at least 4 members (excludes halogenated alkanes) is 1. The number of aryl methyl sites for hydroxylation is 2. The van der Waals surface area contributed by atoms with Crippen LogP contribution >= 0.6 is 34.8 Å². The van der Waals surface area contributed by atoms with Crippen LogP contribution in [0.1, 0.15) is 49.8 Å². The molecule has 0 fully saturated rings. The molecule has 1 N–H and O–H groups in total. The van der Waals surface area contributed by atoms with Crippen molar-refractivity contribution in [2.45, 2.75) is 64.4 Å². The molecule has 0 bridgehead atoms. The smallest absolute Gasteiger partial charge is 0.264 e. The van der Waals surface area contributed by atoms with Crippen molar-refractivity contribution in [1.29, 1.82) is 0 Å². The summed E-state index contributed by atoms with van der Waals surface area (Å²) in [6, 6.07) is 15.3. The van der Waals surface area contributed by atoms with Crippen LogP contribution in [0.15, 0.2) is 65.6 Å². The molecule has 3 rings (SSSR count). The molecule has 3 aromatic carbocycles. The second kappa shape index (κ2) is 15.1. The molecule has 1 atom stereocenters. The number of anilines is 1. The Labute approximate surface area is 263 Å². The fourth-order valence-corrected chi connectivity index (χ4v) is 6.75. The van der Waals surface area contributed by atoms with Gasteiger partial charge < -0.3 is 10.2 Å². The van der Waals surface area contributed by atoms with Gasteiger partial charge in [-0.1, -0.05) is 78.8 Å². The van der Waals surface area contributed by atoms with Gasteiger partial charge in [0.05, 0.1) is 10.6 Å². The number of sulfonamides is 1. The molecule has 0 spiro atoms. The minimum absolute atomic E-state index is 0.0281. The summed E-state index contributed by atoms with van der Waals surface area (Å²) < 4.78 is 29.2. The molecular weight excluding hydrogens is 617 g/mol. The second-order valence-electron chi connectivity index (χ2n) is 10.0. The van der Waals surface area contributed by atoms with Crippen LogP contribution in [0.3, 0.4) is 0 Å². The van der Waals surface area contributed by atoms with E-state index in [2.05, 4.69) is 5.32 Å². The van der Waals surface area contributed by atoms with Gasteiger partial charge in [0.15, 0.2) is 0 Å². The van der Waals surface area contributed by atoms with Crippen molar-refractivity contribution in [1.82, 2.24) is 10.2 Å². The number of hydrogen-bond acceptors (Lipinski definition) is 4. The van der Waals surface area contributed by atoms with Crippen LogP contribution < -0.4 is 9.62 Å². The van der Waals surface area contributed by atoms with Crippen LogP contribution in [-0.4, -0.2) is 44.3 Å². The van der Waals surface area contributed by atoms with E-state index in [1.807, 2.05) is 13.8 Å². The summed E-state index contributed by atoms with van der Waals surface area (Å²) in [4.78, 5) is 28.9. The standard InChI is InChI=1S/C31H36Cl3N3O4S/c1-5-7-17-35-31(39)28(6-2)36(19-25-26(33)9-8-10-27(25)34)30(38)20-37(29-16-13-23(32)18-22(29)4)42(40,41)24-14-11-21(3)12-15-24/h8-16,18,28H,5-7,17,19-20H2,1-4H3,(H,35,39)/t28-/m1/s1. The molecule has 0 aliphatic heterocycles. The number of benzene rings is 3.